The highest BCUT2D eigenvalue weighted by atomic mass is 79.9. The van der Waals surface area contributed by atoms with Gasteiger partial charge in [-0.1, -0.05) is 27.5 Å². The fourth-order valence-corrected chi connectivity index (χ4v) is 2.41. The van der Waals surface area contributed by atoms with E-state index in [-0.39, 0.29) is 5.91 Å². The first-order valence-corrected chi connectivity index (χ1v) is 6.48. The van der Waals surface area contributed by atoms with Crippen LogP contribution in [0.15, 0.2) is 40.9 Å². The largest absolute Gasteiger partial charge is 0.353 e. The first kappa shape index (κ1) is 11.6. The summed E-state index contributed by atoms with van der Waals surface area (Å²) in [6.07, 6.45) is 0. The van der Waals surface area contributed by atoms with Crippen LogP contribution >= 0.6 is 27.5 Å². The normalized spacial score (nSPS) is 12.9. The van der Waals surface area contributed by atoms with Gasteiger partial charge in [-0.15, -0.1) is 0 Å². The minimum Gasteiger partial charge on any atom is -0.353 e. The zero-order valence-electron chi connectivity index (χ0n) is 9.13. The molecule has 3 rings (SSSR count). The van der Waals surface area contributed by atoms with E-state index in [0.717, 1.165) is 15.8 Å². The first-order chi connectivity index (χ1) is 8.63. The highest BCUT2D eigenvalue weighted by Gasteiger charge is 2.18. The van der Waals surface area contributed by atoms with Crippen molar-refractivity contribution in [2.45, 2.75) is 0 Å². The van der Waals surface area contributed by atoms with Crippen LogP contribution in [0.2, 0.25) is 5.02 Å². The first-order valence-electron chi connectivity index (χ1n) is 5.31. The molecule has 90 valence electrons. The van der Waals surface area contributed by atoms with Gasteiger partial charge in [0.25, 0.3) is 5.91 Å². The lowest BCUT2D eigenvalue weighted by molar-refractivity contribution is 0.102. The van der Waals surface area contributed by atoms with Crippen molar-refractivity contribution in [3.63, 3.8) is 0 Å². The molecule has 1 aliphatic heterocycles. The number of halogens is 2. The van der Waals surface area contributed by atoms with Crippen molar-refractivity contribution in [2.75, 3.05) is 10.6 Å². The zero-order valence-corrected chi connectivity index (χ0v) is 11.5. The third-order valence-electron chi connectivity index (χ3n) is 2.73. The Morgan fingerprint density at radius 1 is 0.944 bits per heavy atom. The molecular formula is C13H8BrClN2O. The number of nitrogens with one attached hydrogen (secondary N) is 2. The van der Waals surface area contributed by atoms with Gasteiger partial charge in [-0.2, -0.15) is 0 Å². The SMILES string of the molecule is O=C1Nc2cc(Cl)ccc2Nc2cc(Br)ccc21. The molecule has 18 heavy (non-hydrogen) atoms. The zero-order chi connectivity index (χ0) is 12.7. The Balaban J connectivity index is 2.17. The van der Waals surface area contributed by atoms with Gasteiger partial charge in [0.2, 0.25) is 0 Å². The molecule has 5 heteroatoms. The van der Waals surface area contributed by atoms with Crippen LogP contribution in [0.4, 0.5) is 17.1 Å². The Morgan fingerprint density at radius 3 is 2.61 bits per heavy atom. The molecular weight excluding hydrogens is 316 g/mol. The molecule has 0 bridgehead atoms. The molecule has 2 aromatic carbocycles. The van der Waals surface area contributed by atoms with Gasteiger partial charge in [-0.05, 0) is 36.4 Å². The van der Waals surface area contributed by atoms with Gasteiger partial charge in [0.15, 0.2) is 0 Å². The molecule has 0 saturated carbocycles. The van der Waals surface area contributed by atoms with Gasteiger partial charge < -0.3 is 10.6 Å². The molecule has 1 amide bonds. The van der Waals surface area contributed by atoms with Crippen molar-refractivity contribution >= 4 is 50.5 Å². The monoisotopic (exact) mass is 322 g/mol. The van der Waals surface area contributed by atoms with Crippen LogP contribution < -0.4 is 10.6 Å². The van der Waals surface area contributed by atoms with E-state index in [1.54, 1.807) is 18.2 Å². The standard InChI is InChI=1S/C13H8BrClN2O/c14-7-1-3-9-11(5-7)16-10-4-2-8(15)6-12(10)17-13(9)18/h1-6,16H,(H,17,18). The van der Waals surface area contributed by atoms with E-state index in [9.17, 15) is 4.79 Å². The van der Waals surface area contributed by atoms with Crippen LogP contribution in [0, 0.1) is 0 Å². The lowest BCUT2D eigenvalue weighted by Gasteiger charge is -2.08. The van der Waals surface area contributed by atoms with Crippen LogP contribution in [0.3, 0.4) is 0 Å². The van der Waals surface area contributed by atoms with Crippen LogP contribution in [-0.2, 0) is 0 Å². The maximum atomic E-state index is 12.1. The molecule has 0 atom stereocenters. The van der Waals surface area contributed by atoms with Gasteiger partial charge in [0.05, 0.1) is 22.6 Å². The summed E-state index contributed by atoms with van der Waals surface area (Å²) in [7, 11) is 0. The van der Waals surface area contributed by atoms with E-state index in [4.69, 9.17) is 11.6 Å². The molecule has 1 aliphatic rings. The van der Waals surface area contributed by atoms with Crippen molar-refractivity contribution in [1.82, 2.24) is 0 Å². The third-order valence-corrected chi connectivity index (χ3v) is 3.45. The molecule has 2 aromatic rings. The number of carbonyl (C=O) groups is 1. The topological polar surface area (TPSA) is 41.1 Å². The van der Waals surface area contributed by atoms with Crippen LogP contribution in [0.5, 0.6) is 0 Å². The predicted octanol–water partition coefficient (Wildman–Crippen LogP) is 4.41. The maximum Gasteiger partial charge on any atom is 0.257 e. The van der Waals surface area contributed by atoms with Gasteiger partial charge in [0.1, 0.15) is 0 Å². The predicted molar refractivity (Wildman–Crippen MR) is 76.8 cm³/mol. The second-order valence-corrected chi connectivity index (χ2v) is 5.31. The summed E-state index contributed by atoms with van der Waals surface area (Å²) in [5, 5.41) is 6.65. The molecule has 0 spiro atoms. The molecule has 3 nitrogen and oxygen atoms in total. The molecule has 0 radical (unpaired) electrons. The lowest BCUT2D eigenvalue weighted by atomic mass is 10.1. The van der Waals surface area contributed by atoms with E-state index < -0.39 is 0 Å². The molecule has 0 fully saturated rings. The Labute approximate surface area is 117 Å². The fourth-order valence-electron chi connectivity index (χ4n) is 1.88. The smallest absolute Gasteiger partial charge is 0.257 e. The number of hydrogen-bond donors (Lipinski definition) is 2. The minimum atomic E-state index is -0.147. The van der Waals surface area contributed by atoms with Crippen molar-refractivity contribution in [3.8, 4) is 0 Å². The molecule has 0 saturated heterocycles. The number of fused-ring (bicyclic) bond motifs is 2. The quantitative estimate of drug-likeness (QED) is 0.754. The third kappa shape index (κ3) is 1.98. The van der Waals surface area contributed by atoms with E-state index in [0.29, 0.717) is 16.3 Å². The van der Waals surface area contributed by atoms with E-state index >= 15 is 0 Å². The summed E-state index contributed by atoms with van der Waals surface area (Å²) in [6, 6.07) is 10.8. The Morgan fingerprint density at radius 2 is 1.78 bits per heavy atom. The number of anilines is 3. The second kappa shape index (κ2) is 4.30. The van der Waals surface area contributed by atoms with Gasteiger partial charge in [-0.3, -0.25) is 4.79 Å². The molecule has 0 aromatic heterocycles. The number of benzene rings is 2. The lowest BCUT2D eigenvalue weighted by Crippen LogP contribution is -2.10. The average Bonchev–Trinajstić information content (AvgIpc) is 2.44. The van der Waals surface area contributed by atoms with Gasteiger partial charge in [0, 0.05) is 9.50 Å². The summed E-state index contributed by atoms with van der Waals surface area (Å²) < 4.78 is 0.916. The van der Waals surface area contributed by atoms with Crippen molar-refractivity contribution in [3.05, 3.63) is 51.5 Å². The second-order valence-electron chi connectivity index (χ2n) is 3.96. The number of hydrogen-bond acceptors (Lipinski definition) is 2. The highest BCUT2D eigenvalue weighted by Crippen LogP contribution is 2.34. The highest BCUT2D eigenvalue weighted by molar-refractivity contribution is 9.10. The van der Waals surface area contributed by atoms with Gasteiger partial charge >= 0.3 is 0 Å². The maximum absolute atomic E-state index is 12.1. The summed E-state index contributed by atoms with van der Waals surface area (Å²) in [6.45, 7) is 0. The molecule has 2 N–H and O–H groups in total. The molecule has 0 aliphatic carbocycles. The Bertz CT molecular complexity index is 657. The van der Waals surface area contributed by atoms with Crippen molar-refractivity contribution in [2.24, 2.45) is 0 Å². The van der Waals surface area contributed by atoms with Crippen molar-refractivity contribution < 1.29 is 4.79 Å². The van der Waals surface area contributed by atoms with E-state index in [1.165, 1.54) is 0 Å². The van der Waals surface area contributed by atoms with Crippen LogP contribution in [0.25, 0.3) is 0 Å². The number of carbonyl (C=O) groups excluding carboxylic acids is 1. The number of amides is 1. The fraction of sp³-hybridized carbons (Fsp3) is 0. The average molecular weight is 324 g/mol. The van der Waals surface area contributed by atoms with E-state index in [2.05, 4.69) is 26.6 Å². The minimum absolute atomic E-state index is 0.147. The Hall–Kier alpha value is -1.52. The molecule has 0 unspecified atom stereocenters. The van der Waals surface area contributed by atoms with Crippen molar-refractivity contribution in [1.29, 1.82) is 0 Å². The summed E-state index contributed by atoms with van der Waals surface area (Å²) >= 11 is 9.32. The van der Waals surface area contributed by atoms with Crippen LogP contribution in [0.1, 0.15) is 10.4 Å². The summed E-state index contributed by atoms with van der Waals surface area (Å²) in [5.74, 6) is -0.147. The Kier molecular flexibility index (Phi) is 2.76. The number of rotatable bonds is 0. The van der Waals surface area contributed by atoms with Crippen LogP contribution in [-0.4, -0.2) is 5.91 Å². The molecule has 1 heterocycles. The van der Waals surface area contributed by atoms with Gasteiger partial charge in [-0.25, -0.2) is 0 Å². The van der Waals surface area contributed by atoms with E-state index in [1.807, 2.05) is 18.2 Å². The summed E-state index contributed by atoms with van der Waals surface area (Å²) in [4.78, 5) is 12.1. The summed E-state index contributed by atoms with van der Waals surface area (Å²) in [5.41, 5.74) is 2.87.